The summed E-state index contributed by atoms with van der Waals surface area (Å²) in [5, 5.41) is 2.64. The molecule has 4 heterocycles. The SMILES string of the molecule is CC(C)(C)c1cc(-c2cc(C(C)(C)C)cc(-c3cccc(-c4ccccc4)c3)c2N2[CH-]N(c3[c-]c(Oc4[c-]c5c6[c](c4)[Ge]([CH3])([CH3])[c]4cccc(c46)n5-c4cc(C(C)(C)C)ccn4)ccc3)c3ccccc32)cc(C(C)(C)C)c1.[Pt]. The molecular formula is C72H71GeN4OPt-3. The molecule has 2 aliphatic rings. The zero-order valence-electron chi connectivity index (χ0n) is 48.3. The van der Waals surface area contributed by atoms with Crippen LogP contribution in [0.4, 0.5) is 22.7 Å². The molecule has 0 spiro atoms. The van der Waals surface area contributed by atoms with Gasteiger partial charge in [-0.05, 0) is 73.4 Å². The Bertz CT molecular complexity index is 3980. The molecule has 0 unspecified atom stereocenters. The van der Waals surface area contributed by atoms with Gasteiger partial charge in [0.1, 0.15) is 0 Å². The first-order valence-corrected chi connectivity index (χ1v) is 34.0. The summed E-state index contributed by atoms with van der Waals surface area (Å²) < 4.78 is 12.2. The monoisotopic (exact) mass is 1280 g/mol. The third-order valence-electron chi connectivity index (χ3n) is 16.3. The average molecular weight is 1280 g/mol. The molecule has 5 nitrogen and oxygen atoms in total. The number of aromatic nitrogens is 2. The summed E-state index contributed by atoms with van der Waals surface area (Å²) in [4.78, 5) is 9.70. The maximum atomic E-state index is 7.03. The van der Waals surface area contributed by atoms with E-state index in [0.29, 0.717) is 11.5 Å². The molecule has 10 aromatic rings. The van der Waals surface area contributed by atoms with Crippen molar-refractivity contribution in [2.45, 2.75) is 116 Å². The first-order chi connectivity index (χ1) is 36.9. The van der Waals surface area contributed by atoms with Crippen LogP contribution in [0.15, 0.2) is 170 Å². The number of pyridine rings is 1. The van der Waals surface area contributed by atoms with Crippen molar-refractivity contribution in [2.75, 3.05) is 9.80 Å². The molecule has 402 valence electrons. The Morgan fingerprint density at radius 1 is 0.468 bits per heavy atom. The minimum Gasteiger partial charge on any atom is -0.0561 e. The molecule has 2 aliphatic heterocycles. The topological polar surface area (TPSA) is 33.5 Å². The van der Waals surface area contributed by atoms with Gasteiger partial charge in [0, 0.05) is 21.1 Å². The van der Waals surface area contributed by atoms with E-state index in [2.05, 4.69) is 285 Å². The Balaban J connectivity index is 0.00000660. The van der Waals surface area contributed by atoms with E-state index in [0.717, 1.165) is 39.6 Å². The van der Waals surface area contributed by atoms with Gasteiger partial charge in [0.15, 0.2) is 0 Å². The standard InChI is InChI=1S/C72H71GeN4O.Pt/c1-69(2,3)50-33-34-74-65(41-50)77-63-32-22-29-59-66(63)67-60(73(59,13)14)43-56(44-64(67)77)78-55-28-21-27-54(42-55)75-45-76(62-31-19-18-30-61(62)75)68-57(48-26-20-25-47(35-48)46-23-16-15-17-24-46)39-53(72(10,11)12)40-58(68)49-36-51(70(4,5)6)38-52(37-49)71(7,8)9;/h15-41,43,45H,1-14H3;/q-3;. The summed E-state index contributed by atoms with van der Waals surface area (Å²) in [5.41, 5.74) is 18.2. The first kappa shape index (κ1) is 54.3. The second-order valence-electron chi connectivity index (χ2n) is 26.3. The molecule has 79 heavy (non-hydrogen) atoms. The Morgan fingerprint density at radius 2 is 1.05 bits per heavy atom. The maximum absolute atomic E-state index is 7.03. The maximum Gasteiger partial charge on any atom is 0 e. The van der Waals surface area contributed by atoms with E-state index in [1.165, 1.54) is 75.2 Å². The van der Waals surface area contributed by atoms with Gasteiger partial charge in [-0.2, -0.15) is 0 Å². The normalized spacial score (nSPS) is 14.1. The van der Waals surface area contributed by atoms with Gasteiger partial charge in [0.2, 0.25) is 0 Å². The summed E-state index contributed by atoms with van der Waals surface area (Å²) in [7, 11) is 0. The number of anilines is 4. The number of hydrogen-bond acceptors (Lipinski definition) is 4. The van der Waals surface area contributed by atoms with Crippen molar-refractivity contribution >= 4 is 66.6 Å². The van der Waals surface area contributed by atoms with E-state index in [4.69, 9.17) is 9.72 Å². The number of ether oxygens (including phenoxy) is 1. The van der Waals surface area contributed by atoms with Crippen molar-refractivity contribution in [1.29, 1.82) is 0 Å². The summed E-state index contributed by atoms with van der Waals surface area (Å²) in [6.07, 6.45) is 1.95. The Labute approximate surface area is 486 Å². The Morgan fingerprint density at radius 3 is 1.72 bits per heavy atom. The van der Waals surface area contributed by atoms with Crippen molar-refractivity contribution in [1.82, 2.24) is 9.55 Å². The Hall–Kier alpha value is -6.66. The van der Waals surface area contributed by atoms with Gasteiger partial charge in [0.05, 0.1) is 0 Å². The van der Waals surface area contributed by atoms with Gasteiger partial charge >= 0.3 is 266 Å². The van der Waals surface area contributed by atoms with Crippen LogP contribution in [0.2, 0.25) is 11.5 Å². The molecular weight excluding hydrogens is 1200 g/mol. The molecule has 0 amide bonds. The molecule has 0 bridgehead atoms. The van der Waals surface area contributed by atoms with Crippen molar-refractivity contribution in [3.63, 3.8) is 0 Å². The second kappa shape index (κ2) is 19.6. The third-order valence-corrected chi connectivity index (χ3v) is 23.7. The van der Waals surface area contributed by atoms with Crippen LogP contribution in [0.25, 0.3) is 61.0 Å². The van der Waals surface area contributed by atoms with E-state index < -0.39 is 13.3 Å². The van der Waals surface area contributed by atoms with Gasteiger partial charge in [0.25, 0.3) is 0 Å². The van der Waals surface area contributed by atoms with Gasteiger partial charge < -0.3 is 0 Å². The number of hydrogen-bond donors (Lipinski definition) is 0. The molecule has 0 radical (unpaired) electrons. The molecule has 0 saturated carbocycles. The zero-order chi connectivity index (χ0) is 54.8. The average Bonchev–Trinajstić information content (AvgIpc) is 2.86. The predicted octanol–water partition coefficient (Wildman–Crippen LogP) is 18.3. The number of benzene rings is 8. The quantitative estimate of drug-likeness (QED) is 0.112. The first-order valence-electron chi connectivity index (χ1n) is 27.7. The van der Waals surface area contributed by atoms with Crippen molar-refractivity contribution in [3.8, 4) is 50.7 Å². The number of rotatable bonds is 8. The van der Waals surface area contributed by atoms with Crippen LogP contribution in [0.1, 0.15) is 105 Å². The van der Waals surface area contributed by atoms with Gasteiger partial charge in [-0.1, -0.05) is 129 Å². The van der Waals surface area contributed by atoms with E-state index >= 15 is 0 Å². The van der Waals surface area contributed by atoms with Crippen molar-refractivity contribution < 1.29 is 25.8 Å². The minimum absolute atomic E-state index is 0. The fourth-order valence-electron chi connectivity index (χ4n) is 11.7. The summed E-state index contributed by atoms with van der Waals surface area (Å²) in [6.45, 7) is 30.0. The smallest absolute Gasteiger partial charge is 0 e. The molecule has 7 heteroatoms. The number of fused-ring (bicyclic) bond motifs is 1. The fraction of sp³-hybridized carbons (Fsp3) is 0.250. The molecule has 0 fully saturated rings. The molecule has 0 N–H and O–H groups in total. The van der Waals surface area contributed by atoms with Crippen LogP contribution in [0.5, 0.6) is 11.5 Å². The van der Waals surface area contributed by atoms with Crippen LogP contribution in [0, 0.1) is 18.8 Å². The third kappa shape index (κ3) is 9.67. The van der Waals surface area contributed by atoms with Crippen LogP contribution in [-0.4, -0.2) is 22.8 Å². The van der Waals surface area contributed by atoms with Gasteiger partial charge in [-0.3, -0.25) is 0 Å². The molecule has 0 atom stereocenters. The summed E-state index contributed by atoms with van der Waals surface area (Å²) >= 11 is -2.75. The van der Waals surface area contributed by atoms with Crippen molar-refractivity contribution in [2.24, 2.45) is 0 Å². The fourth-order valence-corrected chi connectivity index (χ4v) is 18.1. The van der Waals surface area contributed by atoms with Crippen LogP contribution < -0.4 is 23.3 Å². The van der Waals surface area contributed by atoms with E-state index in [1.807, 2.05) is 12.3 Å². The van der Waals surface area contributed by atoms with Crippen LogP contribution >= 0.6 is 0 Å². The van der Waals surface area contributed by atoms with E-state index in [1.54, 1.807) is 0 Å². The molecule has 0 saturated heterocycles. The van der Waals surface area contributed by atoms with E-state index in [-0.39, 0.29) is 42.7 Å². The summed E-state index contributed by atoms with van der Waals surface area (Å²) in [5.74, 6) is 7.22. The van der Waals surface area contributed by atoms with Crippen molar-refractivity contribution in [3.05, 3.63) is 211 Å². The summed E-state index contributed by atoms with van der Waals surface area (Å²) in [6, 6.07) is 68.1. The van der Waals surface area contributed by atoms with Gasteiger partial charge in [-0.25, -0.2) is 0 Å². The predicted molar refractivity (Wildman–Crippen MR) is 332 cm³/mol. The number of para-hydroxylation sites is 2. The minimum atomic E-state index is -2.75. The van der Waals surface area contributed by atoms with Crippen LogP contribution in [-0.2, 0) is 42.7 Å². The second-order valence-corrected chi connectivity index (χ2v) is 35.4. The van der Waals surface area contributed by atoms with Gasteiger partial charge in [-0.15, -0.1) is 0 Å². The molecule has 8 aromatic carbocycles. The van der Waals surface area contributed by atoms with Crippen LogP contribution in [0.3, 0.4) is 0 Å². The largest absolute Gasteiger partial charge is 0.0561 e. The zero-order valence-corrected chi connectivity index (χ0v) is 52.6. The number of nitrogens with zero attached hydrogens (tertiary/aromatic N) is 4. The van der Waals surface area contributed by atoms with E-state index in [9.17, 15) is 0 Å². The molecule has 0 aliphatic carbocycles. The Kier molecular flexibility index (Phi) is 13.4. The molecule has 12 rings (SSSR count). The molecule has 2 aromatic heterocycles.